The third kappa shape index (κ3) is 2.36. The summed E-state index contributed by atoms with van der Waals surface area (Å²) in [7, 11) is 0. The van der Waals surface area contributed by atoms with Crippen molar-refractivity contribution < 1.29 is 5.11 Å². The first-order chi connectivity index (χ1) is 5.17. The van der Waals surface area contributed by atoms with Crippen LogP contribution < -0.4 is 0 Å². The highest BCUT2D eigenvalue weighted by Gasteiger charge is 2.27. The lowest BCUT2D eigenvalue weighted by molar-refractivity contribution is -0.0911. The van der Waals surface area contributed by atoms with Crippen molar-refractivity contribution in [3.05, 3.63) is 0 Å². The van der Waals surface area contributed by atoms with Crippen LogP contribution in [0, 0.1) is 0 Å². The van der Waals surface area contributed by atoms with E-state index in [1.165, 1.54) is 0 Å². The van der Waals surface area contributed by atoms with Crippen molar-refractivity contribution >= 4 is 11.8 Å². The smallest absolute Gasteiger partial charge is 0.115 e. The van der Waals surface area contributed by atoms with Crippen LogP contribution in [-0.2, 0) is 0 Å². The second-order valence-corrected chi connectivity index (χ2v) is 4.39. The van der Waals surface area contributed by atoms with Crippen LogP contribution in [0.1, 0.15) is 20.3 Å². The molecule has 0 radical (unpaired) electrons. The Kier molecular flexibility index (Phi) is 3.22. The van der Waals surface area contributed by atoms with Gasteiger partial charge in [-0.25, -0.2) is 0 Å². The summed E-state index contributed by atoms with van der Waals surface area (Å²) in [6, 6.07) is 0. The van der Waals surface area contributed by atoms with Crippen molar-refractivity contribution in [1.82, 2.24) is 4.90 Å². The van der Waals surface area contributed by atoms with Gasteiger partial charge in [0.25, 0.3) is 0 Å². The molecule has 1 atom stereocenters. The predicted octanol–water partition coefficient (Wildman–Crippen LogP) is 1.15. The molecule has 0 spiro atoms. The number of nitrogens with zero attached hydrogens (tertiary/aromatic N) is 1. The van der Waals surface area contributed by atoms with Crippen LogP contribution in [0.5, 0.6) is 0 Å². The summed E-state index contributed by atoms with van der Waals surface area (Å²) in [6.45, 7) is 6.00. The molecular formula is C8H17NOS. The maximum Gasteiger partial charge on any atom is 0.115 e. The van der Waals surface area contributed by atoms with Gasteiger partial charge < -0.3 is 5.11 Å². The topological polar surface area (TPSA) is 23.5 Å². The van der Waals surface area contributed by atoms with Crippen molar-refractivity contribution in [2.75, 3.05) is 24.6 Å². The Morgan fingerprint density at radius 1 is 1.45 bits per heavy atom. The zero-order valence-corrected chi connectivity index (χ0v) is 8.15. The summed E-state index contributed by atoms with van der Waals surface area (Å²) in [6.07, 6.45) is 0.817. The fourth-order valence-corrected chi connectivity index (χ4v) is 2.17. The van der Waals surface area contributed by atoms with E-state index < -0.39 is 5.72 Å². The van der Waals surface area contributed by atoms with Gasteiger partial charge in [-0.05, 0) is 13.3 Å². The van der Waals surface area contributed by atoms with E-state index in [2.05, 4.69) is 4.90 Å². The third-order valence-corrected chi connectivity index (χ3v) is 3.30. The van der Waals surface area contributed by atoms with Crippen LogP contribution >= 0.6 is 11.8 Å². The Morgan fingerprint density at radius 3 is 2.45 bits per heavy atom. The molecule has 1 saturated heterocycles. The zero-order valence-electron chi connectivity index (χ0n) is 7.34. The minimum Gasteiger partial charge on any atom is -0.376 e. The first kappa shape index (κ1) is 9.36. The molecule has 1 N–H and O–H groups in total. The molecule has 0 aromatic heterocycles. The lowest BCUT2D eigenvalue weighted by Gasteiger charge is -2.38. The van der Waals surface area contributed by atoms with Crippen LogP contribution in [0.3, 0.4) is 0 Å². The zero-order chi connectivity index (χ0) is 8.32. The molecule has 0 amide bonds. The molecule has 1 fully saturated rings. The van der Waals surface area contributed by atoms with Crippen molar-refractivity contribution in [1.29, 1.82) is 0 Å². The van der Waals surface area contributed by atoms with Gasteiger partial charge in [-0.3, -0.25) is 4.90 Å². The van der Waals surface area contributed by atoms with E-state index in [0.29, 0.717) is 0 Å². The molecule has 1 heterocycles. The number of hydrogen-bond donors (Lipinski definition) is 1. The van der Waals surface area contributed by atoms with Crippen LogP contribution in [0.4, 0.5) is 0 Å². The molecule has 1 rings (SSSR count). The summed E-state index contributed by atoms with van der Waals surface area (Å²) in [5, 5.41) is 9.86. The molecule has 0 aromatic carbocycles. The average molecular weight is 175 g/mol. The van der Waals surface area contributed by atoms with E-state index in [9.17, 15) is 5.11 Å². The summed E-state index contributed by atoms with van der Waals surface area (Å²) in [5.74, 6) is 2.33. The minimum atomic E-state index is -0.568. The average Bonchev–Trinajstić information content (AvgIpc) is 2.06. The Labute approximate surface area is 73.0 Å². The highest BCUT2D eigenvalue weighted by Crippen LogP contribution is 2.20. The fourth-order valence-electron chi connectivity index (χ4n) is 1.27. The fraction of sp³-hybridized carbons (Fsp3) is 1.00. The van der Waals surface area contributed by atoms with Crippen molar-refractivity contribution in [3.8, 4) is 0 Å². The molecule has 0 aliphatic carbocycles. The molecule has 11 heavy (non-hydrogen) atoms. The van der Waals surface area contributed by atoms with Crippen molar-refractivity contribution in [3.63, 3.8) is 0 Å². The predicted molar refractivity (Wildman–Crippen MR) is 49.8 cm³/mol. The largest absolute Gasteiger partial charge is 0.376 e. The molecule has 66 valence electrons. The van der Waals surface area contributed by atoms with E-state index in [1.807, 2.05) is 25.6 Å². The molecule has 1 aliphatic rings. The molecule has 1 unspecified atom stereocenters. The van der Waals surface area contributed by atoms with Gasteiger partial charge in [0.1, 0.15) is 5.72 Å². The van der Waals surface area contributed by atoms with E-state index in [0.717, 1.165) is 31.0 Å². The Balaban J connectivity index is 2.43. The van der Waals surface area contributed by atoms with Gasteiger partial charge in [-0.2, -0.15) is 11.8 Å². The van der Waals surface area contributed by atoms with Gasteiger partial charge in [0, 0.05) is 24.6 Å². The molecule has 2 nitrogen and oxygen atoms in total. The molecule has 0 saturated carbocycles. The van der Waals surface area contributed by atoms with Crippen molar-refractivity contribution in [2.24, 2.45) is 0 Å². The maximum absolute atomic E-state index is 9.86. The normalized spacial score (nSPS) is 26.5. The van der Waals surface area contributed by atoms with Crippen LogP contribution in [0.15, 0.2) is 0 Å². The maximum atomic E-state index is 9.86. The number of hydrogen-bond acceptors (Lipinski definition) is 3. The van der Waals surface area contributed by atoms with Crippen LogP contribution in [0.25, 0.3) is 0 Å². The van der Waals surface area contributed by atoms with Crippen LogP contribution in [0.2, 0.25) is 0 Å². The molecule has 3 heteroatoms. The summed E-state index contributed by atoms with van der Waals surface area (Å²) in [4.78, 5) is 2.17. The second kappa shape index (κ2) is 3.78. The highest BCUT2D eigenvalue weighted by molar-refractivity contribution is 7.99. The summed E-state index contributed by atoms with van der Waals surface area (Å²) in [5.41, 5.74) is -0.568. The summed E-state index contributed by atoms with van der Waals surface area (Å²) >= 11 is 1.97. The third-order valence-electron chi connectivity index (χ3n) is 2.36. The van der Waals surface area contributed by atoms with Gasteiger partial charge in [-0.1, -0.05) is 6.92 Å². The highest BCUT2D eigenvalue weighted by atomic mass is 32.2. The van der Waals surface area contributed by atoms with E-state index in [4.69, 9.17) is 0 Å². The monoisotopic (exact) mass is 175 g/mol. The Hall–Kier alpha value is 0.270. The standard InChI is InChI=1S/C8H17NOS/c1-3-8(2,10)9-4-6-11-7-5-9/h10H,3-7H2,1-2H3. The van der Waals surface area contributed by atoms with E-state index in [-0.39, 0.29) is 0 Å². The van der Waals surface area contributed by atoms with E-state index in [1.54, 1.807) is 0 Å². The van der Waals surface area contributed by atoms with E-state index >= 15 is 0 Å². The first-order valence-corrected chi connectivity index (χ1v) is 5.37. The van der Waals surface area contributed by atoms with Gasteiger partial charge >= 0.3 is 0 Å². The number of rotatable bonds is 2. The van der Waals surface area contributed by atoms with Crippen molar-refractivity contribution in [2.45, 2.75) is 26.0 Å². The van der Waals surface area contributed by atoms with Gasteiger partial charge in [0.05, 0.1) is 0 Å². The SMILES string of the molecule is CCC(C)(O)N1CCSCC1. The molecular weight excluding hydrogens is 158 g/mol. The lowest BCUT2D eigenvalue weighted by atomic mass is 10.1. The molecule has 0 bridgehead atoms. The molecule has 0 aromatic rings. The van der Waals surface area contributed by atoms with Crippen LogP contribution in [-0.4, -0.2) is 40.3 Å². The molecule has 1 aliphatic heterocycles. The van der Waals surface area contributed by atoms with Gasteiger partial charge in [0.2, 0.25) is 0 Å². The lowest BCUT2D eigenvalue weighted by Crippen LogP contribution is -2.49. The summed E-state index contributed by atoms with van der Waals surface area (Å²) < 4.78 is 0. The second-order valence-electron chi connectivity index (χ2n) is 3.17. The number of aliphatic hydroxyl groups is 1. The Bertz CT molecular complexity index is 121. The van der Waals surface area contributed by atoms with Gasteiger partial charge in [0.15, 0.2) is 0 Å². The first-order valence-electron chi connectivity index (χ1n) is 4.22. The quantitative estimate of drug-likeness (QED) is 0.681. The number of thioether (sulfide) groups is 1. The minimum absolute atomic E-state index is 0.568. The van der Waals surface area contributed by atoms with Gasteiger partial charge in [-0.15, -0.1) is 0 Å². The Morgan fingerprint density at radius 2 is 2.00 bits per heavy atom.